The molecule has 1 aromatic heterocycles. The van der Waals surface area contributed by atoms with Crippen molar-refractivity contribution < 1.29 is 4.39 Å². The van der Waals surface area contributed by atoms with E-state index in [9.17, 15) is 4.39 Å². The highest BCUT2D eigenvalue weighted by atomic mass is 19.1. The molecule has 0 atom stereocenters. The zero-order chi connectivity index (χ0) is 13.2. The van der Waals surface area contributed by atoms with Crippen LogP contribution in [0, 0.1) is 12.7 Å². The molecule has 1 heterocycles. The second kappa shape index (κ2) is 4.72. The number of hydrogen-bond acceptors (Lipinski definition) is 2. The molecule has 19 heavy (non-hydrogen) atoms. The molecule has 0 spiro atoms. The average molecular weight is 255 g/mol. The average Bonchev–Trinajstić information content (AvgIpc) is 2.80. The van der Waals surface area contributed by atoms with Crippen molar-refractivity contribution in [2.75, 3.05) is 5.32 Å². The zero-order valence-corrected chi connectivity index (χ0v) is 10.6. The minimum absolute atomic E-state index is 0.255. The van der Waals surface area contributed by atoms with Crippen LogP contribution in [0.1, 0.15) is 11.4 Å². The molecule has 3 aromatic rings. The number of imidazole rings is 1. The van der Waals surface area contributed by atoms with Crippen LogP contribution in [0.3, 0.4) is 0 Å². The van der Waals surface area contributed by atoms with Crippen LogP contribution >= 0.6 is 0 Å². The van der Waals surface area contributed by atoms with Gasteiger partial charge < -0.3 is 10.3 Å². The van der Waals surface area contributed by atoms with Crippen LogP contribution in [0.5, 0.6) is 0 Å². The lowest BCUT2D eigenvalue weighted by molar-refractivity contribution is 0.629. The first-order chi connectivity index (χ1) is 9.20. The topological polar surface area (TPSA) is 40.7 Å². The standard InChI is InChI=1S/C15H14FN3/c1-10-2-5-12(6-3-10)17-9-15-18-13-7-4-11(16)8-14(13)19-15/h2-8,17H,9H2,1H3,(H,18,19). The Morgan fingerprint density at radius 2 is 1.95 bits per heavy atom. The predicted molar refractivity (Wildman–Crippen MR) is 74.6 cm³/mol. The molecular weight excluding hydrogens is 241 g/mol. The van der Waals surface area contributed by atoms with E-state index in [1.165, 1.54) is 17.7 Å². The van der Waals surface area contributed by atoms with Gasteiger partial charge in [-0.2, -0.15) is 0 Å². The van der Waals surface area contributed by atoms with Gasteiger partial charge >= 0.3 is 0 Å². The number of nitrogens with one attached hydrogen (secondary N) is 2. The molecule has 3 nitrogen and oxygen atoms in total. The van der Waals surface area contributed by atoms with Crippen molar-refractivity contribution in [3.05, 3.63) is 59.7 Å². The number of fused-ring (bicyclic) bond motifs is 1. The van der Waals surface area contributed by atoms with Crippen molar-refractivity contribution in [3.63, 3.8) is 0 Å². The summed E-state index contributed by atoms with van der Waals surface area (Å²) in [5.74, 6) is 0.537. The fourth-order valence-electron chi connectivity index (χ4n) is 1.98. The molecule has 4 heteroatoms. The highest BCUT2D eigenvalue weighted by molar-refractivity contribution is 5.75. The number of nitrogens with zero attached hydrogens (tertiary/aromatic N) is 1. The summed E-state index contributed by atoms with van der Waals surface area (Å²) in [6, 6.07) is 12.7. The van der Waals surface area contributed by atoms with Crippen LogP contribution in [-0.2, 0) is 6.54 Å². The van der Waals surface area contributed by atoms with E-state index in [4.69, 9.17) is 0 Å². The maximum absolute atomic E-state index is 13.1. The summed E-state index contributed by atoms with van der Waals surface area (Å²) in [5, 5.41) is 3.28. The summed E-state index contributed by atoms with van der Waals surface area (Å²) >= 11 is 0. The maximum atomic E-state index is 13.1. The maximum Gasteiger partial charge on any atom is 0.126 e. The lowest BCUT2D eigenvalue weighted by atomic mass is 10.2. The first kappa shape index (κ1) is 11.7. The van der Waals surface area contributed by atoms with Crippen LogP contribution in [0.2, 0.25) is 0 Å². The fourth-order valence-corrected chi connectivity index (χ4v) is 1.98. The summed E-state index contributed by atoms with van der Waals surface area (Å²) in [7, 11) is 0. The lowest BCUT2D eigenvalue weighted by Crippen LogP contribution is -2.00. The van der Waals surface area contributed by atoms with Crippen LogP contribution in [0.4, 0.5) is 10.1 Å². The molecule has 96 valence electrons. The summed E-state index contributed by atoms with van der Waals surface area (Å²) in [6.07, 6.45) is 0. The summed E-state index contributed by atoms with van der Waals surface area (Å²) in [6.45, 7) is 2.64. The van der Waals surface area contributed by atoms with Crippen molar-refractivity contribution in [1.29, 1.82) is 0 Å². The second-order valence-corrected chi connectivity index (χ2v) is 4.56. The van der Waals surface area contributed by atoms with Crippen molar-refractivity contribution in [1.82, 2.24) is 9.97 Å². The first-order valence-electron chi connectivity index (χ1n) is 6.15. The number of hydrogen-bond donors (Lipinski definition) is 2. The number of aromatic nitrogens is 2. The molecule has 0 radical (unpaired) electrons. The molecule has 2 N–H and O–H groups in total. The lowest BCUT2D eigenvalue weighted by Gasteiger charge is -2.04. The van der Waals surface area contributed by atoms with Gasteiger partial charge in [-0.15, -0.1) is 0 Å². The van der Waals surface area contributed by atoms with Crippen molar-refractivity contribution in [2.45, 2.75) is 13.5 Å². The molecule has 0 amide bonds. The molecule has 0 unspecified atom stereocenters. The van der Waals surface area contributed by atoms with Crippen LogP contribution < -0.4 is 5.32 Å². The molecule has 0 aliphatic rings. The number of benzene rings is 2. The van der Waals surface area contributed by atoms with E-state index in [0.717, 1.165) is 22.5 Å². The van der Waals surface area contributed by atoms with Gasteiger partial charge in [-0.1, -0.05) is 17.7 Å². The minimum atomic E-state index is -0.255. The normalized spacial score (nSPS) is 10.8. The Bertz CT molecular complexity index is 701. The van der Waals surface area contributed by atoms with Gasteiger partial charge in [-0.05, 0) is 37.3 Å². The molecule has 0 aliphatic heterocycles. The quantitative estimate of drug-likeness (QED) is 0.750. The van der Waals surface area contributed by atoms with Gasteiger partial charge in [0.1, 0.15) is 11.6 Å². The largest absolute Gasteiger partial charge is 0.378 e. The smallest absolute Gasteiger partial charge is 0.126 e. The Morgan fingerprint density at radius 3 is 2.74 bits per heavy atom. The number of aryl methyl sites for hydroxylation is 1. The third-order valence-electron chi connectivity index (χ3n) is 3.00. The molecule has 0 saturated carbocycles. The number of halogens is 1. The molecule has 2 aromatic carbocycles. The highest BCUT2D eigenvalue weighted by Gasteiger charge is 2.03. The van der Waals surface area contributed by atoms with Crippen LogP contribution in [0.15, 0.2) is 42.5 Å². The number of H-pyrrole nitrogens is 1. The Balaban J connectivity index is 1.76. The fraction of sp³-hybridized carbons (Fsp3) is 0.133. The van der Waals surface area contributed by atoms with E-state index in [1.54, 1.807) is 6.07 Å². The van der Waals surface area contributed by atoms with E-state index in [0.29, 0.717) is 6.54 Å². The molecule has 0 fully saturated rings. The van der Waals surface area contributed by atoms with Gasteiger partial charge in [-0.25, -0.2) is 9.37 Å². The Kier molecular flexibility index (Phi) is 2.91. The Morgan fingerprint density at radius 1 is 1.16 bits per heavy atom. The zero-order valence-electron chi connectivity index (χ0n) is 10.6. The van der Waals surface area contributed by atoms with Gasteiger partial charge in [0.05, 0.1) is 17.6 Å². The summed E-state index contributed by atoms with van der Waals surface area (Å²) in [5.41, 5.74) is 3.77. The predicted octanol–water partition coefficient (Wildman–Crippen LogP) is 3.62. The van der Waals surface area contributed by atoms with Crippen LogP contribution in [0.25, 0.3) is 11.0 Å². The van der Waals surface area contributed by atoms with Crippen molar-refractivity contribution in [2.24, 2.45) is 0 Å². The van der Waals surface area contributed by atoms with E-state index < -0.39 is 0 Å². The first-order valence-corrected chi connectivity index (χ1v) is 6.15. The monoisotopic (exact) mass is 255 g/mol. The van der Waals surface area contributed by atoms with E-state index in [1.807, 2.05) is 12.1 Å². The Labute approximate surface area is 110 Å². The van der Waals surface area contributed by atoms with Gasteiger partial charge in [0.15, 0.2) is 0 Å². The SMILES string of the molecule is Cc1ccc(NCc2nc3ccc(F)cc3[nH]2)cc1. The van der Waals surface area contributed by atoms with E-state index >= 15 is 0 Å². The second-order valence-electron chi connectivity index (χ2n) is 4.56. The number of aromatic amines is 1. The Hall–Kier alpha value is -2.36. The number of anilines is 1. The third-order valence-corrected chi connectivity index (χ3v) is 3.00. The molecular formula is C15H14FN3. The summed E-state index contributed by atoms with van der Waals surface area (Å²) in [4.78, 5) is 7.51. The highest BCUT2D eigenvalue weighted by Crippen LogP contribution is 2.14. The van der Waals surface area contributed by atoms with Crippen LogP contribution in [-0.4, -0.2) is 9.97 Å². The van der Waals surface area contributed by atoms with Gasteiger partial charge in [0.25, 0.3) is 0 Å². The minimum Gasteiger partial charge on any atom is -0.378 e. The van der Waals surface area contributed by atoms with Gasteiger partial charge in [-0.3, -0.25) is 0 Å². The van der Waals surface area contributed by atoms with Gasteiger partial charge in [0.2, 0.25) is 0 Å². The third kappa shape index (κ3) is 2.57. The molecule has 0 bridgehead atoms. The summed E-state index contributed by atoms with van der Waals surface area (Å²) < 4.78 is 13.1. The molecule has 0 saturated heterocycles. The van der Waals surface area contributed by atoms with E-state index in [-0.39, 0.29) is 5.82 Å². The van der Waals surface area contributed by atoms with Crippen molar-refractivity contribution >= 4 is 16.7 Å². The molecule has 0 aliphatic carbocycles. The van der Waals surface area contributed by atoms with E-state index in [2.05, 4.69) is 34.3 Å². The molecule has 3 rings (SSSR count). The number of rotatable bonds is 3. The van der Waals surface area contributed by atoms with Crippen molar-refractivity contribution in [3.8, 4) is 0 Å². The van der Waals surface area contributed by atoms with Gasteiger partial charge in [0, 0.05) is 5.69 Å².